The first-order valence-electron chi connectivity index (χ1n) is 7.27. The molecule has 5 heteroatoms. The summed E-state index contributed by atoms with van der Waals surface area (Å²) in [6.45, 7) is 4.22. The van der Waals surface area contributed by atoms with Crippen molar-refractivity contribution in [3.63, 3.8) is 0 Å². The molecule has 110 valence electrons. The van der Waals surface area contributed by atoms with Crippen molar-refractivity contribution in [2.75, 3.05) is 26.2 Å². The fourth-order valence-corrected chi connectivity index (χ4v) is 2.63. The highest BCUT2D eigenvalue weighted by atomic mass is 16.3. The molecule has 21 heavy (non-hydrogen) atoms. The van der Waals surface area contributed by atoms with Crippen LogP contribution >= 0.6 is 0 Å². The van der Waals surface area contributed by atoms with E-state index in [9.17, 15) is 4.79 Å². The van der Waals surface area contributed by atoms with Gasteiger partial charge in [0, 0.05) is 44.1 Å². The van der Waals surface area contributed by atoms with Crippen LogP contribution in [-0.4, -0.2) is 46.9 Å². The Balaban J connectivity index is 1.59. The van der Waals surface area contributed by atoms with Crippen LogP contribution in [-0.2, 0) is 6.54 Å². The van der Waals surface area contributed by atoms with E-state index in [1.807, 2.05) is 17.0 Å². The fourth-order valence-electron chi connectivity index (χ4n) is 2.63. The highest BCUT2D eigenvalue weighted by molar-refractivity contribution is 5.94. The molecular formula is C16H19N3O2. The van der Waals surface area contributed by atoms with Crippen LogP contribution in [0.3, 0.4) is 0 Å². The number of carbonyl (C=O) groups excluding carboxylic acids is 1. The molecule has 3 heterocycles. The van der Waals surface area contributed by atoms with E-state index in [0.29, 0.717) is 5.56 Å². The summed E-state index contributed by atoms with van der Waals surface area (Å²) in [5.74, 6) is 1.07. The number of furan rings is 1. The summed E-state index contributed by atoms with van der Waals surface area (Å²) in [6, 6.07) is 7.44. The number of pyridine rings is 1. The van der Waals surface area contributed by atoms with E-state index in [-0.39, 0.29) is 5.91 Å². The van der Waals surface area contributed by atoms with Gasteiger partial charge in [-0.05, 0) is 30.7 Å². The van der Waals surface area contributed by atoms with Crippen molar-refractivity contribution in [2.24, 2.45) is 0 Å². The monoisotopic (exact) mass is 285 g/mol. The van der Waals surface area contributed by atoms with Gasteiger partial charge in [-0.2, -0.15) is 0 Å². The number of amides is 1. The van der Waals surface area contributed by atoms with Crippen molar-refractivity contribution in [3.05, 3.63) is 54.2 Å². The van der Waals surface area contributed by atoms with Crippen LogP contribution in [0.15, 0.2) is 47.3 Å². The van der Waals surface area contributed by atoms with Gasteiger partial charge >= 0.3 is 0 Å². The minimum atomic E-state index is 0.0947. The molecule has 0 unspecified atom stereocenters. The molecule has 0 saturated carbocycles. The van der Waals surface area contributed by atoms with Crippen molar-refractivity contribution in [3.8, 4) is 0 Å². The lowest BCUT2D eigenvalue weighted by molar-refractivity contribution is 0.0760. The number of hydrogen-bond donors (Lipinski definition) is 0. The molecule has 0 N–H and O–H groups in total. The van der Waals surface area contributed by atoms with E-state index >= 15 is 0 Å². The second-order valence-electron chi connectivity index (χ2n) is 5.24. The predicted octanol–water partition coefficient (Wildman–Crippen LogP) is 2.02. The maximum Gasteiger partial charge on any atom is 0.254 e. The van der Waals surface area contributed by atoms with Gasteiger partial charge < -0.3 is 9.32 Å². The van der Waals surface area contributed by atoms with Gasteiger partial charge in [-0.3, -0.25) is 14.7 Å². The number of rotatable bonds is 3. The standard InChI is InChI=1S/C16H19N3O2/c20-16(14-4-6-17-7-5-14)19-9-2-8-18(10-11-19)13-15-3-1-12-21-15/h1,3-7,12H,2,8-11,13H2. The summed E-state index contributed by atoms with van der Waals surface area (Å²) in [6.07, 6.45) is 6.01. The van der Waals surface area contributed by atoms with Crippen LogP contribution in [0.1, 0.15) is 22.5 Å². The topological polar surface area (TPSA) is 49.6 Å². The van der Waals surface area contributed by atoms with Crippen LogP contribution < -0.4 is 0 Å². The Bertz CT molecular complexity index is 568. The minimum absolute atomic E-state index is 0.0947. The van der Waals surface area contributed by atoms with Crippen molar-refractivity contribution in [1.82, 2.24) is 14.8 Å². The third kappa shape index (κ3) is 3.49. The average molecular weight is 285 g/mol. The smallest absolute Gasteiger partial charge is 0.254 e. The van der Waals surface area contributed by atoms with E-state index in [4.69, 9.17) is 4.42 Å². The molecule has 2 aromatic rings. The zero-order valence-corrected chi connectivity index (χ0v) is 11.9. The van der Waals surface area contributed by atoms with Crippen molar-refractivity contribution < 1.29 is 9.21 Å². The molecule has 0 aliphatic carbocycles. The molecule has 3 rings (SSSR count). The summed E-state index contributed by atoms with van der Waals surface area (Å²) in [5.41, 5.74) is 0.712. The van der Waals surface area contributed by atoms with Crippen molar-refractivity contribution in [2.45, 2.75) is 13.0 Å². The van der Waals surface area contributed by atoms with Gasteiger partial charge in [0.05, 0.1) is 12.8 Å². The molecule has 0 aromatic carbocycles. The number of aromatic nitrogens is 1. The summed E-state index contributed by atoms with van der Waals surface area (Å²) in [7, 11) is 0. The highest BCUT2D eigenvalue weighted by Gasteiger charge is 2.20. The number of carbonyl (C=O) groups is 1. The van der Waals surface area contributed by atoms with Gasteiger partial charge in [0.1, 0.15) is 5.76 Å². The van der Waals surface area contributed by atoms with E-state index in [0.717, 1.165) is 44.9 Å². The summed E-state index contributed by atoms with van der Waals surface area (Å²) in [4.78, 5) is 20.7. The zero-order chi connectivity index (χ0) is 14.5. The molecule has 2 aromatic heterocycles. The number of nitrogens with zero attached hydrogens (tertiary/aromatic N) is 3. The second-order valence-corrected chi connectivity index (χ2v) is 5.24. The van der Waals surface area contributed by atoms with E-state index < -0.39 is 0 Å². The second kappa shape index (κ2) is 6.54. The predicted molar refractivity (Wildman–Crippen MR) is 78.7 cm³/mol. The lowest BCUT2D eigenvalue weighted by Crippen LogP contribution is -2.35. The normalized spacial score (nSPS) is 16.7. The Morgan fingerprint density at radius 1 is 1.14 bits per heavy atom. The Hall–Kier alpha value is -2.14. The van der Waals surface area contributed by atoms with Crippen molar-refractivity contribution in [1.29, 1.82) is 0 Å². The van der Waals surface area contributed by atoms with Gasteiger partial charge in [-0.25, -0.2) is 0 Å². The Kier molecular flexibility index (Phi) is 4.31. The molecule has 0 radical (unpaired) electrons. The van der Waals surface area contributed by atoms with Gasteiger partial charge in [-0.15, -0.1) is 0 Å². The molecular weight excluding hydrogens is 266 g/mol. The lowest BCUT2D eigenvalue weighted by atomic mass is 10.2. The molecule has 0 spiro atoms. The molecule has 1 amide bonds. The molecule has 0 bridgehead atoms. The third-order valence-corrected chi connectivity index (χ3v) is 3.76. The van der Waals surface area contributed by atoms with Crippen LogP contribution in [0.25, 0.3) is 0 Å². The first-order chi connectivity index (χ1) is 10.3. The lowest BCUT2D eigenvalue weighted by Gasteiger charge is -2.21. The van der Waals surface area contributed by atoms with E-state index in [2.05, 4.69) is 9.88 Å². The maximum atomic E-state index is 12.4. The average Bonchev–Trinajstić information content (AvgIpc) is 2.92. The molecule has 0 atom stereocenters. The Morgan fingerprint density at radius 2 is 2.00 bits per heavy atom. The molecule has 1 fully saturated rings. The van der Waals surface area contributed by atoms with Crippen molar-refractivity contribution >= 4 is 5.91 Å². The first-order valence-corrected chi connectivity index (χ1v) is 7.27. The number of hydrogen-bond acceptors (Lipinski definition) is 4. The first kappa shape index (κ1) is 13.8. The maximum absolute atomic E-state index is 12.4. The largest absolute Gasteiger partial charge is 0.468 e. The van der Waals surface area contributed by atoms with E-state index in [1.54, 1.807) is 30.8 Å². The van der Waals surface area contributed by atoms with Gasteiger partial charge in [0.25, 0.3) is 5.91 Å². The third-order valence-electron chi connectivity index (χ3n) is 3.76. The summed E-state index contributed by atoms with van der Waals surface area (Å²) >= 11 is 0. The molecule has 1 aliphatic rings. The quantitative estimate of drug-likeness (QED) is 0.865. The van der Waals surface area contributed by atoms with Crippen LogP contribution in [0.5, 0.6) is 0 Å². The SMILES string of the molecule is O=C(c1ccncc1)N1CCCN(Cc2ccco2)CC1. The molecule has 1 saturated heterocycles. The van der Waals surface area contributed by atoms with Crippen LogP contribution in [0.2, 0.25) is 0 Å². The summed E-state index contributed by atoms with van der Waals surface area (Å²) in [5, 5.41) is 0. The highest BCUT2D eigenvalue weighted by Crippen LogP contribution is 2.11. The van der Waals surface area contributed by atoms with Crippen LogP contribution in [0.4, 0.5) is 0 Å². The Morgan fingerprint density at radius 3 is 2.76 bits per heavy atom. The summed E-state index contributed by atoms with van der Waals surface area (Å²) < 4.78 is 5.39. The van der Waals surface area contributed by atoms with Gasteiger partial charge in [-0.1, -0.05) is 0 Å². The van der Waals surface area contributed by atoms with Gasteiger partial charge in [0.15, 0.2) is 0 Å². The Labute approximate surface area is 124 Å². The van der Waals surface area contributed by atoms with Crippen LogP contribution in [0, 0.1) is 0 Å². The molecule has 5 nitrogen and oxygen atoms in total. The van der Waals surface area contributed by atoms with Gasteiger partial charge in [0.2, 0.25) is 0 Å². The molecule has 1 aliphatic heterocycles. The minimum Gasteiger partial charge on any atom is -0.468 e. The van der Waals surface area contributed by atoms with E-state index in [1.165, 1.54) is 0 Å². The zero-order valence-electron chi connectivity index (χ0n) is 11.9. The fraction of sp³-hybridized carbons (Fsp3) is 0.375.